The van der Waals surface area contributed by atoms with Crippen molar-refractivity contribution in [3.05, 3.63) is 27.5 Å². The number of hydrogen-bond donors (Lipinski definition) is 1. The number of carbonyl (C=O) groups excluding carboxylic acids is 1. The maximum Gasteiger partial charge on any atom is 0.350 e. The maximum absolute atomic E-state index is 11.7. The molecule has 0 radical (unpaired) electrons. The first-order chi connectivity index (χ1) is 9.12. The van der Waals surface area contributed by atoms with Gasteiger partial charge in [-0.15, -0.1) is 22.7 Å². The number of aryl methyl sites for hydroxylation is 1. The normalized spacial score (nSPS) is 10.7. The molecule has 0 bridgehead atoms. The highest BCUT2D eigenvalue weighted by molar-refractivity contribution is 7.23. The SMILES string of the molecule is CCc1ccc(-c2sc(C(=O)OC)c(N)c2CC)s1. The van der Waals surface area contributed by atoms with Gasteiger partial charge in [-0.3, -0.25) is 0 Å². The first-order valence-electron chi connectivity index (χ1n) is 6.20. The van der Waals surface area contributed by atoms with E-state index in [2.05, 4.69) is 26.0 Å². The van der Waals surface area contributed by atoms with Crippen LogP contribution >= 0.6 is 22.7 Å². The Hall–Kier alpha value is -1.33. The van der Waals surface area contributed by atoms with Gasteiger partial charge < -0.3 is 10.5 Å². The minimum absolute atomic E-state index is 0.351. The summed E-state index contributed by atoms with van der Waals surface area (Å²) < 4.78 is 4.79. The van der Waals surface area contributed by atoms with Crippen molar-refractivity contribution in [3.63, 3.8) is 0 Å². The molecule has 2 aromatic heterocycles. The topological polar surface area (TPSA) is 52.3 Å². The highest BCUT2D eigenvalue weighted by atomic mass is 32.1. The van der Waals surface area contributed by atoms with Gasteiger partial charge in [0.2, 0.25) is 0 Å². The van der Waals surface area contributed by atoms with Gasteiger partial charge in [-0.05, 0) is 30.5 Å². The van der Waals surface area contributed by atoms with Gasteiger partial charge in [-0.1, -0.05) is 13.8 Å². The summed E-state index contributed by atoms with van der Waals surface area (Å²) in [5.41, 5.74) is 7.70. The molecule has 102 valence electrons. The Labute approximate surface area is 121 Å². The maximum atomic E-state index is 11.7. The van der Waals surface area contributed by atoms with Gasteiger partial charge in [-0.25, -0.2) is 4.79 Å². The molecule has 0 aliphatic heterocycles. The van der Waals surface area contributed by atoms with Gasteiger partial charge in [-0.2, -0.15) is 0 Å². The number of esters is 1. The molecule has 0 aliphatic rings. The lowest BCUT2D eigenvalue weighted by molar-refractivity contribution is 0.0607. The van der Waals surface area contributed by atoms with Crippen LogP contribution in [0.5, 0.6) is 0 Å². The third kappa shape index (κ3) is 2.53. The standard InChI is InChI=1S/C14H17NO2S2/c1-4-8-6-7-10(18-8)12-9(5-2)11(15)13(19-12)14(16)17-3/h6-7H,4-5,15H2,1-3H3. The van der Waals surface area contributed by atoms with Crippen molar-refractivity contribution < 1.29 is 9.53 Å². The zero-order valence-electron chi connectivity index (χ0n) is 11.3. The molecule has 0 fully saturated rings. The molecule has 0 atom stereocenters. The lowest BCUT2D eigenvalue weighted by Gasteiger charge is -2.00. The Kier molecular flexibility index (Phi) is 4.27. The van der Waals surface area contributed by atoms with Crippen LogP contribution in [-0.4, -0.2) is 13.1 Å². The zero-order valence-corrected chi connectivity index (χ0v) is 12.9. The Morgan fingerprint density at radius 2 is 2.00 bits per heavy atom. The van der Waals surface area contributed by atoms with Crippen molar-refractivity contribution >= 4 is 34.3 Å². The quantitative estimate of drug-likeness (QED) is 0.868. The van der Waals surface area contributed by atoms with E-state index in [-0.39, 0.29) is 5.97 Å². The van der Waals surface area contributed by atoms with Crippen LogP contribution in [-0.2, 0) is 17.6 Å². The van der Waals surface area contributed by atoms with Crippen LogP contribution in [0.1, 0.15) is 34.0 Å². The van der Waals surface area contributed by atoms with Crippen molar-refractivity contribution in [1.82, 2.24) is 0 Å². The minimum Gasteiger partial charge on any atom is -0.465 e. The number of rotatable bonds is 4. The van der Waals surface area contributed by atoms with Crippen LogP contribution in [0.2, 0.25) is 0 Å². The van der Waals surface area contributed by atoms with Gasteiger partial charge in [0, 0.05) is 9.75 Å². The van der Waals surface area contributed by atoms with Gasteiger partial charge in [0.15, 0.2) is 0 Å². The summed E-state index contributed by atoms with van der Waals surface area (Å²) in [6.45, 7) is 4.19. The summed E-state index contributed by atoms with van der Waals surface area (Å²) in [6.07, 6.45) is 1.84. The fourth-order valence-electron chi connectivity index (χ4n) is 1.96. The van der Waals surface area contributed by atoms with Crippen LogP contribution in [0.3, 0.4) is 0 Å². The van der Waals surface area contributed by atoms with Gasteiger partial charge in [0.1, 0.15) is 4.88 Å². The molecule has 19 heavy (non-hydrogen) atoms. The van der Waals surface area contributed by atoms with Crippen molar-refractivity contribution in [2.24, 2.45) is 0 Å². The Bertz CT molecular complexity index is 599. The summed E-state index contributed by atoms with van der Waals surface area (Å²) in [7, 11) is 1.38. The van der Waals surface area contributed by atoms with E-state index in [1.807, 2.05) is 0 Å². The molecule has 3 nitrogen and oxygen atoms in total. The molecule has 0 unspecified atom stereocenters. The fourth-order valence-corrected chi connectivity index (χ4v) is 4.28. The third-order valence-corrected chi connectivity index (χ3v) is 5.64. The number of thiophene rings is 2. The van der Waals surface area contributed by atoms with Crippen molar-refractivity contribution in [2.75, 3.05) is 12.8 Å². The second-order valence-corrected chi connectivity index (χ2v) is 6.31. The molecule has 0 aliphatic carbocycles. The number of nitrogen functional groups attached to an aromatic ring is 1. The number of methoxy groups -OCH3 is 1. The Balaban J connectivity index is 2.53. The van der Waals surface area contributed by atoms with Gasteiger partial charge in [0.25, 0.3) is 0 Å². The molecule has 0 spiro atoms. The summed E-state index contributed by atoms with van der Waals surface area (Å²) >= 11 is 3.19. The van der Waals surface area contributed by atoms with Crippen LogP contribution in [0.15, 0.2) is 12.1 Å². The smallest absolute Gasteiger partial charge is 0.350 e. The molecule has 0 saturated heterocycles. The first-order valence-corrected chi connectivity index (χ1v) is 7.84. The van der Waals surface area contributed by atoms with E-state index in [1.54, 1.807) is 11.3 Å². The molecule has 0 amide bonds. The lowest BCUT2D eigenvalue weighted by atomic mass is 10.1. The largest absolute Gasteiger partial charge is 0.465 e. The van der Waals surface area contributed by atoms with E-state index >= 15 is 0 Å². The highest BCUT2D eigenvalue weighted by Crippen LogP contribution is 2.42. The van der Waals surface area contributed by atoms with Crippen LogP contribution in [0, 0.1) is 0 Å². The molecule has 2 N–H and O–H groups in total. The molecule has 2 heterocycles. The van der Waals surface area contributed by atoms with Gasteiger partial charge in [0.05, 0.1) is 17.7 Å². The summed E-state index contributed by atoms with van der Waals surface area (Å²) in [4.78, 5) is 15.9. The second-order valence-electron chi connectivity index (χ2n) is 4.12. The lowest BCUT2D eigenvalue weighted by Crippen LogP contribution is -2.02. The molecule has 5 heteroatoms. The number of nitrogens with two attached hydrogens (primary N) is 1. The van der Waals surface area contributed by atoms with E-state index in [4.69, 9.17) is 10.5 Å². The monoisotopic (exact) mass is 295 g/mol. The zero-order chi connectivity index (χ0) is 14.0. The third-order valence-electron chi connectivity index (χ3n) is 3.01. The van der Waals surface area contributed by atoms with E-state index in [0.717, 1.165) is 23.3 Å². The second kappa shape index (κ2) is 5.75. The fraction of sp³-hybridized carbons (Fsp3) is 0.357. The minimum atomic E-state index is -0.351. The summed E-state index contributed by atoms with van der Waals surface area (Å²) in [6, 6.07) is 4.24. The Morgan fingerprint density at radius 3 is 2.53 bits per heavy atom. The van der Waals surface area contributed by atoms with Gasteiger partial charge >= 0.3 is 5.97 Å². The predicted molar refractivity (Wildman–Crippen MR) is 82.1 cm³/mol. The molecule has 2 aromatic rings. The average molecular weight is 295 g/mol. The number of hydrogen-bond acceptors (Lipinski definition) is 5. The number of anilines is 1. The highest BCUT2D eigenvalue weighted by Gasteiger charge is 2.22. The predicted octanol–water partition coefficient (Wildman–Crippen LogP) is 3.97. The van der Waals surface area contributed by atoms with Crippen molar-refractivity contribution in [1.29, 1.82) is 0 Å². The molecule has 2 rings (SSSR count). The van der Waals surface area contributed by atoms with Crippen LogP contribution in [0.25, 0.3) is 9.75 Å². The van der Waals surface area contributed by atoms with Crippen LogP contribution in [0.4, 0.5) is 5.69 Å². The summed E-state index contributed by atoms with van der Waals surface area (Å²) in [5, 5.41) is 0. The molecule has 0 aromatic carbocycles. The molecular formula is C14H17NO2S2. The summed E-state index contributed by atoms with van der Waals surface area (Å²) in [5.74, 6) is -0.351. The first kappa shape index (κ1) is 14.1. The molecular weight excluding hydrogens is 278 g/mol. The Morgan fingerprint density at radius 1 is 1.26 bits per heavy atom. The van der Waals surface area contributed by atoms with E-state index in [0.29, 0.717) is 10.6 Å². The van der Waals surface area contributed by atoms with Crippen molar-refractivity contribution in [2.45, 2.75) is 26.7 Å². The average Bonchev–Trinajstić information content (AvgIpc) is 3.01. The number of ether oxygens (including phenoxy) is 1. The van der Waals surface area contributed by atoms with E-state index < -0.39 is 0 Å². The van der Waals surface area contributed by atoms with E-state index in [9.17, 15) is 4.79 Å². The van der Waals surface area contributed by atoms with Crippen LogP contribution < -0.4 is 5.73 Å². The van der Waals surface area contributed by atoms with E-state index in [1.165, 1.54) is 28.2 Å². The number of carbonyl (C=O) groups is 1. The molecule has 0 saturated carbocycles. The van der Waals surface area contributed by atoms with Crippen molar-refractivity contribution in [3.8, 4) is 9.75 Å².